The normalized spacial score (nSPS) is 9.36. The quantitative estimate of drug-likeness (QED) is 0.646. The molecule has 0 aromatic heterocycles. The van der Waals surface area contributed by atoms with Crippen LogP contribution in [0.2, 0.25) is 0 Å². The minimum Gasteiger partial charge on any atom is -0.497 e. The molecule has 1 aromatic carbocycles. The van der Waals surface area contributed by atoms with E-state index in [1.165, 1.54) is 26.4 Å². The molecule has 0 aliphatic rings. The molecule has 0 aliphatic heterocycles. The van der Waals surface area contributed by atoms with E-state index in [0.717, 1.165) is 0 Å². The van der Waals surface area contributed by atoms with Gasteiger partial charge in [0.1, 0.15) is 5.75 Å². The maximum absolute atomic E-state index is 12.7. The van der Waals surface area contributed by atoms with Gasteiger partial charge >= 0.3 is 0 Å². The third-order valence-corrected chi connectivity index (χ3v) is 1.29. The van der Waals surface area contributed by atoms with Crippen molar-refractivity contribution in [1.82, 2.24) is 0 Å². The van der Waals surface area contributed by atoms with E-state index >= 15 is 0 Å². The molecule has 11 heavy (non-hydrogen) atoms. The SMILES string of the molecule is COc1c[c]c(F)c(OC)c1. The van der Waals surface area contributed by atoms with E-state index in [2.05, 4.69) is 6.07 Å². The van der Waals surface area contributed by atoms with Crippen LogP contribution in [0.1, 0.15) is 0 Å². The lowest BCUT2D eigenvalue weighted by molar-refractivity contribution is 0.373. The summed E-state index contributed by atoms with van der Waals surface area (Å²) in [4.78, 5) is 0. The summed E-state index contributed by atoms with van der Waals surface area (Å²) in [6, 6.07) is 5.23. The molecule has 0 saturated carbocycles. The van der Waals surface area contributed by atoms with Crippen LogP contribution in [0.15, 0.2) is 12.1 Å². The summed E-state index contributed by atoms with van der Waals surface area (Å²) < 4.78 is 22.2. The molecule has 0 saturated heterocycles. The first-order valence-corrected chi connectivity index (χ1v) is 3.07. The molecular weight excluding hydrogens is 147 g/mol. The van der Waals surface area contributed by atoms with Gasteiger partial charge in [0.05, 0.1) is 14.2 Å². The van der Waals surface area contributed by atoms with E-state index in [9.17, 15) is 4.39 Å². The van der Waals surface area contributed by atoms with Crippen molar-refractivity contribution in [1.29, 1.82) is 0 Å². The lowest BCUT2D eigenvalue weighted by Crippen LogP contribution is -1.89. The van der Waals surface area contributed by atoms with Gasteiger partial charge in [0.25, 0.3) is 0 Å². The van der Waals surface area contributed by atoms with E-state index in [1.807, 2.05) is 0 Å². The van der Waals surface area contributed by atoms with Gasteiger partial charge in [-0.05, 0) is 6.07 Å². The van der Waals surface area contributed by atoms with Crippen LogP contribution in [0.4, 0.5) is 4.39 Å². The molecule has 0 aliphatic carbocycles. The van der Waals surface area contributed by atoms with Crippen molar-refractivity contribution >= 4 is 0 Å². The topological polar surface area (TPSA) is 18.5 Å². The minimum absolute atomic E-state index is 0.143. The molecule has 2 nitrogen and oxygen atoms in total. The van der Waals surface area contributed by atoms with Crippen molar-refractivity contribution in [2.75, 3.05) is 14.2 Å². The number of halogens is 1. The lowest BCUT2D eigenvalue weighted by Gasteiger charge is -2.03. The Bertz CT molecular complexity index is 248. The Hall–Kier alpha value is -1.25. The Labute approximate surface area is 64.6 Å². The molecule has 0 atom stereocenters. The van der Waals surface area contributed by atoms with Crippen LogP contribution in [0.3, 0.4) is 0 Å². The summed E-state index contributed by atoms with van der Waals surface area (Å²) >= 11 is 0. The predicted molar refractivity (Wildman–Crippen MR) is 38.3 cm³/mol. The Morgan fingerprint density at radius 1 is 1.36 bits per heavy atom. The number of hydrogen-bond acceptors (Lipinski definition) is 2. The molecule has 59 valence electrons. The number of benzene rings is 1. The summed E-state index contributed by atoms with van der Waals surface area (Å²) in [7, 11) is 2.90. The van der Waals surface area contributed by atoms with Crippen LogP contribution >= 0.6 is 0 Å². The van der Waals surface area contributed by atoms with Gasteiger partial charge in [0.2, 0.25) is 0 Å². The molecule has 0 spiro atoms. The second kappa shape index (κ2) is 3.23. The zero-order valence-electron chi connectivity index (χ0n) is 6.35. The average molecular weight is 155 g/mol. The fraction of sp³-hybridized carbons (Fsp3) is 0.250. The number of methoxy groups -OCH3 is 2. The molecule has 0 fully saturated rings. The summed E-state index contributed by atoms with van der Waals surface area (Å²) in [5.41, 5.74) is 0. The van der Waals surface area contributed by atoms with Crippen LogP contribution in [-0.2, 0) is 0 Å². The maximum atomic E-state index is 12.7. The molecular formula is C8H8FO2. The first kappa shape index (κ1) is 7.85. The van der Waals surface area contributed by atoms with Crippen molar-refractivity contribution in [3.63, 3.8) is 0 Å². The fourth-order valence-electron chi connectivity index (χ4n) is 0.706. The second-order valence-corrected chi connectivity index (χ2v) is 1.92. The molecule has 1 radical (unpaired) electrons. The van der Waals surface area contributed by atoms with E-state index < -0.39 is 5.82 Å². The smallest absolute Gasteiger partial charge is 0.173 e. The molecule has 0 unspecified atom stereocenters. The third kappa shape index (κ3) is 1.61. The highest BCUT2D eigenvalue weighted by Gasteiger charge is 2.02. The van der Waals surface area contributed by atoms with Crippen molar-refractivity contribution in [3.8, 4) is 11.5 Å². The number of ether oxygens (including phenoxy) is 2. The molecule has 0 bridgehead atoms. The van der Waals surface area contributed by atoms with Gasteiger partial charge in [0.15, 0.2) is 11.6 Å². The van der Waals surface area contributed by atoms with E-state index in [4.69, 9.17) is 9.47 Å². The van der Waals surface area contributed by atoms with Crippen molar-refractivity contribution in [2.24, 2.45) is 0 Å². The molecule has 0 heterocycles. The predicted octanol–water partition coefficient (Wildman–Crippen LogP) is 1.64. The molecule has 1 rings (SSSR count). The van der Waals surface area contributed by atoms with Gasteiger partial charge in [-0.25, -0.2) is 4.39 Å². The second-order valence-electron chi connectivity index (χ2n) is 1.92. The average Bonchev–Trinajstić information content (AvgIpc) is 2.05. The Balaban J connectivity index is 3.02. The first-order chi connectivity index (χ1) is 5.27. The van der Waals surface area contributed by atoms with Crippen LogP contribution < -0.4 is 9.47 Å². The van der Waals surface area contributed by atoms with Crippen LogP contribution in [0.5, 0.6) is 11.5 Å². The van der Waals surface area contributed by atoms with Crippen molar-refractivity contribution in [2.45, 2.75) is 0 Å². The van der Waals surface area contributed by atoms with Crippen molar-refractivity contribution in [3.05, 3.63) is 24.0 Å². The highest BCUT2D eigenvalue weighted by atomic mass is 19.1. The maximum Gasteiger partial charge on any atom is 0.173 e. The largest absolute Gasteiger partial charge is 0.497 e. The van der Waals surface area contributed by atoms with Gasteiger partial charge in [-0.2, -0.15) is 0 Å². The lowest BCUT2D eigenvalue weighted by atomic mass is 10.3. The summed E-state index contributed by atoms with van der Waals surface area (Å²) in [5.74, 6) is 0.168. The van der Waals surface area contributed by atoms with Gasteiger partial charge in [-0.3, -0.25) is 0 Å². The van der Waals surface area contributed by atoms with Crippen LogP contribution in [0.25, 0.3) is 0 Å². The third-order valence-electron chi connectivity index (χ3n) is 1.29. The monoisotopic (exact) mass is 155 g/mol. The Kier molecular flexibility index (Phi) is 2.31. The molecule has 0 N–H and O–H groups in total. The van der Waals surface area contributed by atoms with E-state index in [1.54, 1.807) is 0 Å². The minimum atomic E-state index is -0.506. The standard InChI is InChI=1S/C8H8FO2/c1-10-6-3-4-7(9)8(5-6)11-2/h3,5H,1-2H3. The first-order valence-electron chi connectivity index (χ1n) is 3.07. The Morgan fingerprint density at radius 3 is 2.64 bits per heavy atom. The van der Waals surface area contributed by atoms with Gasteiger partial charge in [-0.15, -0.1) is 0 Å². The molecule has 0 amide bonds. The van der Waals surface area contributed by atoms with Gasteiger partial charge < -0.3 is 9.47 Å². The molecule has 3 heteroatoms. The van der Waals surface area contributed by atoms with Crippen LogP contribution in [0, 0.1) is 11.9 Å². The number of hydrogen-bond donors (Lipinski definition) is 0. The highest BCUT2D eigenvalue weighted by molar-refractivity contribution is 5.33. The summed E-state index contributed by atoms with van der Waals surface area (Å²) in [6.45, 7) is 0. The summed E-state index contributed by atoms with van der Waals surface area (Å²) in [5, 5.41) is 0. The zero-order chi connectivity index (χ0) is 8.27. The Morgan fingerprint density at radius 2 is 2.09 bits per heavy atom. The highest BCUT2D eigenvalue weighted by Crippen LogP contribution is 2.21. The van der Waals surface area contributed by atoms with E-state index in [0.29, 0.717) is 5.75 Å². The van der Waals surface area contributed by atoms with Crippen molar-refractivity contribution < 1.29 is 13.9 Å². The zero-order valence-corrected chi connectivity index (χ0v) is 6.35. The van der Waals surface area contributed by atoms with Gasteiger partial charge in [-0.1, -0.05) is 0 Å². The van der Waals surface area contributed by atoms with E-state index in [-0.39, 0.29) is 5.75 Å². The number of rotatable bonds is 2. The summed E-state index contributed by atoms with van der Waals surface area (Å²) in [6.07, 6.45) is 0. The fourth-order valence-corrected chi connectivity index (χ4v) is 0.706. The van der Waals surface area contributed by atoms with Gasteiger partial charge in [0, 0.05) is 12.1 Å². The molecule has 1 aromatic rings. The van der Waals surface area contributed by atoms with Crippen LogP contribution in [-0.4, -0.2) is 14.2 Å².